The van der Waals surface area contributed by atoms with Crippen molar-refractivity contribution in [2.45, 2.75) is 52.5 Å². The third-order valence-corrected chi connectivity index (χ3v) is 4.11. The normalized spacial score (nSPS) is 15.9. The molecule has 0 unspecified atom stereocenters. The molecule has 2 amide bonds. The van der Waals surface area contributed by atoms with Crippen LogP contribution in [0.4, 0.5) is 0 Å². The molecule has 0 aromatic rings. The van der Waals surface area contributed by atoms with Crippen LogP contribution < -0.4 is 5.32 Å². The highest BCUT2D eigenvalue weighted by Crippen LogP contribution is 2.18. The number of amides is 2. The molecule has 5 heteroatoms. The van der Waals surface area contributed by atoms with Crippen molar-refractivity contribution in [2.75, 3.05) is 13.1 Å². The minimum atomic E-state index is -0.0997. The smallest absolute Gasteiger partial charge is 0.239 e. The minimum Gasteiger partial charge on any atom is -0.352 e. The van der Waals surface area contributed by atoms with E-state index in [9.17, 15) is 14.4 Å². The van der Waals surface area contributed by atoms with Gasteiger partial charge in [-0.05, 0) is 39.5 Å². The first-order valence-electron chi connectivity index (χ1n) is 9.14. The Balaban J connectivity index is 2.55. The summed E-state index contributed by atoms with van der Waals surface area (Å²) >= 11 is 0. The number of allylic oxidation sites excluding steroid dienone is 7. The molecule has 5 nitrogen and oxygen atoms in total. The van der Waals surface area contributed by atoms with E-state index in [0.717, 1.165) is 44.0 Å². The van der Waals surface area contributed by atoms with E-state index in [2.05, 4.69) is 12.2 Å². The molecule has 0 heterocycles. The van der Waals surface area contributed by atoms with Crippen molar-refractivity contribution in [1.29, 1.82) is 0 Å². The molecule has 0 atom stereocenters. The maximum Gasteiger partial charge on any atom is 0.239 e. The predicted octanol–water partition coefficient (Wildman–Crippen LogP) is 3.10. The molecule has 1 fully saturated rings. The number of hydrogen-bond donors (Lipinski definition) is 1. The molecule has 0 radical (unpaired) electrons. The van der Waals surface area contributed by atoms with Crippen molar-refractivity contribution in [3.8, 4) is 0 Å². The Morgan fingerprint density at radius 2 is 1.92 bits per heavy atom. The first kappa shape index (κ1) is 21.6. The molecule has 0 aliphatic heterocycles. The van der Waals surface area contributed by atoms with Gasteiger partial charge in [-0.25, -0.2) is 0 Å². The van der Waals surface area contributed by atoms with Crippen molar-refractivity contribution in [3.63, 3.8) is 0 Å². The maximum atomic E-state index is 11.8. The molecule has 0 aromatic carbocycles. The summed E-state index contributed by atoms with van der Waals surface area (Å²) in [5.41, 5.74) is 2.90. The summed E-state index contributed by atoms with van der Waals surface area (Å²) in [6, 6.07) is 0.304. The van der Waals surface area contributed by atoms with Crippen LogP contribution in [0.2, 0.25) is 0 Å². The molecule has 1 saturated carbocycles. The lowest BCUT2D eigenvalue weighted by molar-refractivity contribution is -0.127. The predicted molar refractivity (Wildman–Crippen MR) is 105 cm³/mol. The Morgan fingerprint density at radius 3 is 2.46 bits per heavy atom. The third-order valence-electron chi connectivity index (χ3n) is 4.11. The van der Waals surface area contributed by atoms with Crippen LogP contribution in [-0.4, -0.2) is 42.6 Å². The van der Waals surface area contributed by atoms with E-state index < -0.39 is 0 Å². The molecule has 142 valence electrons. The van der Waals surface area contributed by atoms with Gasteiger partial charge in [-0.2, -0.15) is 0 Å². The summed E-state index contributed by atoms with van der Waals surface area (Å²) < 4.78 is 0. The second kappa shape index (κ2) is 12.0. The van der Waals surface area contributed by atoms with Crippen LogP contribution in [0, 0.1) is 0 Å². The Morgan fingerprint density at radius 1 is 1.19 bits per heavy atom. The van der Waals surface area contributed by atoms with Gasteiger partial charge in [0.05, 0.1) is 6.54 Å². The van der Waals surface area contributed by atoms with Crippen molar-refractivity contribution < 1.29 is 14.4 Å². The van der Waals surface area contributed by atoms with Crippen molar-refractivity contribution in [2.24, 2.45) is 0 Å². The van der Waals surface area contributed by atoms with E-state index in [-0.39, 0.29) is 12.5 Å². The lowest BCUT2D eigenvalue weighted by Crippen LogP contribution is -2.38. The zero-order valence-corrected chi connectivity index (χ0v) is 16.0. The molecule has 1 aliphatic carbocycles. The van der Waals surface area contributed by atoms with Crippen molar-refractivity contribution in [1.82, 2.24) is 10.2 Å². The van der Waals surface area contributed by atoms with Crippen LogP contribution in [0.25, 0.3) is 0 Å². The van der Waals surface area contributed by atoms with Crippen LogP contribution in [0.15, 0.2) is 47.1 Å². The highest BCUT2D eigenvalue weighted by atomic mass is 16.2. The zero-order valence-electron chi connectivity index (χ0n) is 16.0. The SMILES string of the molecule is CC=C(C=O)C=CCC(=CC=C(C)CN(C=O)CC(=O)NC1CC1)CC. The molecule has 0 saturated heterocycles. The van der Waals surface area contributed by atoms with Crippen LogP contribution >= 0.6 is 0 Å². The lowest BCUT2D eigenvalue weighted by atomic mass is 10.1. The highest BCUT2D eigenvalue weighted by molar-refractivity contribution is 5.80. The Bertz CT molecular complexity index is 611. The van der Waals surface area contributed by atoms with Gasteiger partial charge in [0.15, 0.2) is 0 Å². The van der Waals surface area contributed by atoms with Crippen molar-refractivity contribution in [3.05, 3.63) is 47.1 Å². The Hall–Kier alpha value is -2.43. The lowest BCUT2D eigenvalue weighted by Gasteiger charge is -2.17. The molecular weight excluding hydrogens is 328 g/mol. The molecule has 1 aliphatic rings. The fraction of sp³-hybridized carbons (Fsp3) is 0.476. The largest absolute Gasteiger partial charge is 0.352 e. The van der Waals surface area contributed by atoms with Gasteiger partial charge in [0, 0.05) is 18.2 Å². The summed E-state index contributed by atoms with van der Waals surface area (Å²) in [7, 11) is 0. The standard InChI is InChI=1S/C21H30N2O3/c1-4-18(7-6-8-19(5-2)15-24)10-9-17(3)13-23(16-25)14-21(26)22-20-11-12-20/h5-6,8-10,15-16,20H,4,7,11-14H2,1-3H3,(H,22,26). The zero-order chi connectivity index (χ0) is 19.4. The number of nitrogens with one attached hydrogen (secondary N) is 1. The van der Waals surface area contributed by atoms with Gasteiger partial charge in [-0.3, -0.25) is 14.4 Å². The number of carbonyl (C=O) groups is 3. The second-order valence-electron chi connectivity index (χ2n) is 6.56. The summed E-state index contributed by atoms with van der Waals surface area (Å²) in [5, 5.41) is 2.89. The number of aldehydes is 1. The Labute approximate surface area is 156 Å². The van der Waals surface area contributed by atoms with Gasteiger partial charge < -0.3 is 10.2 Å². The average molecular weight is 358 g/mol. The van der Waals surface area contributed by atoms with Crippen LogP contribution in [0.1, 0.15) is 46.5 Å². The third kappa shape index (κ3) is 9.16. The average Bonchev–Trinajstić information content (AvgIpc) is 3.44. The van der Waals surface area contributed by atoms with Gasteiger partial charge in [0.25, 0.3) is 0 Å². The van der Waals surface area contributed by atoms with E-state index in [1.54, 1.807) is 6.08 Å². The fourth-order valence-electron chi connectivity index (χ4n) is 2.33. The highest BCUT2D eigenvalue weighted by Gasteiger charge is 2.23. The summed E-state index contributed by atoms with van der Waals surface area (Å²) in [5.74, 6) is -0.0997. The van der Waals surface area contributed by atoms with E-state index in [1.807, 2.05) is 38.2 Å². The monoisotopic (exact) mass is 358 g/mol. The van der Waals surface area contributed by atoms with Gasteiger partial charge in [0.2, 0.25) is 12.3 Å². The number of rotatable bonds is 12. The molecule has 1 rings (SSSR count). The Kier molecular flexibility index (Phi) is 9.98. The van der Waals surface area contributed by atoms with E-state index in [0.29, 0.717) is 18.2 Å². The molecule has 0 aromatic heterocycles. The molecule has 26 heavy (non-hydrogen) atoms. The number of hydrogen-bond acceptors (Lipinski definition) is 3. The van der Waals surface area contributed by atoms with Gasteiger partial charge in [-0.15, -0.1) is 0 Å². The summed E-state index contributed by atoms with van der Waals surface area (Å²) in [6.07, 6.45) is 14.9. The van der Waals surface area contributed by atoms with Gasteiger partial charge >= 0.3 is 0 Å². The van der Waals surface area contributed by atoms with Crippen LogP contribution in [-0.2, 0) is 14.4 Å². The van der Waals surface area contributed by atoms with Crippen LogP contribution in [0.5, 0.6) is 0 Å². The number of nitrogens with zero attached hydrogens (tertiary/aromatic N) is 1. The quantitative estimate of drug-likeness (QED) is 0.331. The fourth-order valence-corrected chi connectivity index (χ4v) is 2.33. The topological polar surface area (TPSA) is 66.5 Å². The van der Waals surface area contributed by atoms with E-state index in [4.69, 9.17) is 0 Å². The van der Waals surface area contributed by atoms with E-state index >= 15 is 0 Å². The maximum absolute atomic E-state index is 11.8. The first-order chi connectivity index (χ1) is 12.5. The summed E-state index contributed by atoms with van der Waals surface area (Å²) in [6.45, 7) is 6.38. The summed E-state index contributed by atoms with van der Waals surface area (Å²) in [4.78, 5) is 35.2. The molecular formula is C21H30N2O3. The molecule has 1 N–H and O–H groups in total. The number of carbonyl (C=O) groups excluding carboxylic acids is 3. The molecule has 0 spiro atoms. The van der Waals surface area contributed by atoms with E-state index in [1.165, 1.54) is 10.5 Å². The van der Waals surface area contributed by atoms with Gasteiger partial charge in [-0.1, -0.05) is 48.5 Å². The molecule has 0 bridgehead atoms. The minimum absolute atomic E-state index is 0.0933. The first-order valence-corrected chi connectivity index (χ1v) is 9.14. The van der Waals surface area contributed by atoms with Crippen LogP contribution in [0.3, 0.4) is 0 Å². The van der Waals surface area contributed by atoms with Gasteiger partial charge in [0.1, 0.15) is 6.29 Å². The second-order valence-corrected chi connectivity index (χ2v) is 6.56. The van der Waals surface area contributed by atoms with Crippen molar-refractivity contribution >= 4 is 18.6 Å².